The summed E-state index contributed by atoms with van der Waals surface area (Å²) in [5, 5.41) is 9.63. The predicted octanol–water partition coefficient (Wildman–Crippen LogP) is 2.80. The minimum Gasteiger partial charge on any atom is -0.356 e. The van der Waals surface area contributed by atoms with Crippen LogP contribution in [0, 0.1) is 5.41 Å². The Morgan fingerprint density at radius 3 is 2.35 bits per heavy atom. The molecular weight excluding hydrogens is 403 g/mol. The summed E-state index contributed by atoms with van der Waals surface area (Å²) in [6.07, 6.45) is 11.2. The molecule has 3 N–H and O–H groups in total. The van der Waals surface area contributed by atoms with Crippen LogP contribution < -0.4 is 16.0 Å². The van der Waals surface area contributed by atoms with Crippen molar-refractivity contribution in [2.45, 2.75) is 70.8 Å². The second kappa shape index (κ2) is 10.4. The van der Waals surface area contributed by atoms with Gasteiger partial charge in [-0.3, -0.25) is 9.79 Å². The normalized spacial score (nSPS) is 20.9. The van der Waals surface area contributed by atoms with E-state index >= 15 is 0 Å². The summed E-state index contributed by atoms with van der Waals surface area (Å²) in [5.41, 5.74) is 0.446. The Morgan fingerprint density at radius 1 is 1.13 bits per heavy atom. The third-order valence-corrected chi connectivity index (χ3v) is 5.41. The maximum atomic E-state index is 12.0. The van der Waals surface area contributed by atoms with Crippen molar-refractivity contribution in [2.24, 2.45) is 10.4 Å². The van der Waals surface area contributed by atoms with Gasteiger partial charge in [0.25, 0.3) is 0 Å². The zero-order valence-corrected chi connectivity index (χ0v) is 16.9. The molecule has 0 aromatic carbocycles. The van der Waals surface area contributed by atoms with Gasteiger partial charge < -0.3 is 16.0 Å². The van der Waals surface area contributed by atoms with Gasteiger partial charge in [-0.1, -0.05) is 32.6 Å². The van der Waals surface area contributed by atoms with Crippen molar-refractivity contribution in [3.63, 3.8) is 0 Å². The lowest BCUT2D eigenvalue weighted by molar-refractivity contribution is -0.120. The number of hydrogen-bond donors (Lipinski definition) is 3. The number of guanidine groups is 1. The Labute approximate surface area is 157 Å². The molecule has 23 heavy (non-hydrogen) atoms. The summed E-state index contributed by atoms with van der Waals surface area (Å²) in [5.74, 6) is 0.808. The lowest BCUT2D eigenvalue weighted by Crippen LogP contribution is -2.49. The van der Waals surface area contributed by atoms with Gasteiger partial charge in [0, 0.05) is 19.6 Å². The molecule has 6 heteroatoms. The molecule has 134 valence electrons. The molecule has 2 aliphatic rings. The fourth-order valence-electron chi connectivity index (χ4n) is 3.51. The third kappa shape index (κ3) is 6.47. The van der Waals surface area contributed by atoms with E-state index in [1.807, 2.05) is 0 Å². The maximum Gasteiger partial charge on any atom is 0.239 e. The van der Waals surface area contributed by atoms with Crippen molar-refractivity contribution in [1.29, 1.82) is 0 Å². The molecule has 0 heterocycles. The Bertz CT molecular complexity index is 385. The van der Waals surface area contributed by atoms with Crippen LogP contribution in [0.15, 0.2) is 4.99 Å². The van der Waals surface area contributed by atoms with Gasteiger partial charge in [0.1, 0.15) is 0 Å². The number of aliphatic imine (C=N–C) groups is 1. The highest BCUT2D eigenvalue weighted by Gasteiger charge is 2.34. The number of nitrogens with zero attached hydrogens (tertiary/aromatic N) is 1. The second-order valence-corrected chi connectivity index (χ2v) is 6.89. The summed E-state index contributed by atoms with van der Waals surface area (Å²) >= 11 is 0. The van der Waals surface area contributed by atoms with Crippen molar-refractivity contribution < 1.29 is 4.79 Å². The third-order valence-electron chi connectivity index (χ3n) is 5.41. The van der Waals surface area contributed by atoms with Crippen molar-refractivity contribution in [3.05, 3.63) is 0 Å². The lowest BCUT2D eigenvalue weighted by Gasteiger charge is -2.41. The molecule has 0 saturated heterocycles. The predicted molar refractivity (Wildman–Crippen MR) is 106 cm³/mol. The molecular formula is C17H33IN4O. The highest BCUT2D eigenvalue weighted by atomic mass is 127. The molecule has 0 spiro atoms. The molecule has 0 atom stereocenters. The molecule has 2 fully saturated rings. The molecule has 1 amide bonds. The van der Waals surface area contributed by atoms with Crippen LogP contribution in [0.25, 0.3) is 0 Å². The zero-order chi connectivity index (χ0) is 15.8. The van der Waals surface area contributed by atoms with Crippen LogP contribution in [0.1, 0.15) is 64.7 Å². The summed E-state index contributed by atoms with van der Waals surface area (Å²) < 4.78 is 0. The fraction of sp³-hybridized carbons (Fsp3) is 0.882. The smallest absolute Gasteiger partial charge is 0.239 e. The van der Waals surface area contributed by atoms with Crippen molar-refractivity contribution in [1.82, 2.24) is 16.0 Å². The second-order valence-electron chi connectivity index (χ2n) is 6.89. The Kier molecular flexibility index (Phi) is 9.24. The van der Waals surface area contributed by atoms with Crippen molar-refractivity contribution in [2.75, 3.05) is 20.1 Å². The Morgan fingerprint density at radius 2 is 1.83 bits per heavy atom. The van der Waals surface area contributed by atoms with Crippen LogP contribution in [0.2, 0.25) is 0 Å². The minimum absolute atomic E-state index is 0. The van der Waals surface area contributed by atoms with Crippen LogP contribution in [-0.2, 0) is 4.79 Å². The molecule has 2 aliphatic carbocycles. The van der Waals surface area contributed by atoms with Crippen LogP contribution in [0.3, 0.4) is 0 Å². The van der Waals surface area contributed by atoms with Gasteiger partial charge >= 0.3 is 0 Å². The molecule has 0 unspecified atom stereocenters. The van der Waals surface area contributed by atoms with Gasteiger partial charge in [0.05, 0.1) is 6.54 Å². The van der Waals surface area contributed by atoms with Gasteiger partial charge in [-0.05, 0) is 37.5 Å². The molecule has 0 radical (unpaired) electrons. The summed E-state index contributed by atoms with van der Waals surface area (Å²) in [6, 6.07) is 0.372. The van der Waals surface area contributed by atoms with E-state index in [2.05, 4.69) is 27.9 Å². The standard InChI is InChI=1S/C17H32N4O.HI/c1-3-17(10-7-11-17)13-20-16(18-2)19-12-15(22)21-14-8-5-4-6-9-14;/h14H,3-13H2,1-2H3,(H,21,22)(H2,18,19,20);1H. The molecule has 0 aliphatic heterocycles. The van der Waals surface area contributed by atoms with E-state index in [1.165, 1.54) is 44.9 Å². The first-order valence-electron chi connectivity index (χ1n) is 8.91. The van der Waals surface area contributed by atoms with Crippen molar-refractivity contribution >= 4 is 35.8 Å². The molecule has 0 aromatic heterocycles. The first-order valence-corrected chi connectivity index (χ1v) is 8.91. The lowest BCUT2D eigenvalue weighted by atomic mass is 9.67. The van der Waals surface area contributed by atoms with Crippen LogP contribution in [-0.4, -0.2) is 38.0 Å². The fourth-order valence-corrected chi connectivity index (χ4v) is 3.51. The average molecular weight is 436 g/mol. The van der Waals surface area contributed by atoms with E-state index < -0.39 is 0 Å². The summed E-state index contributed by atoms with van der Waals surface area (Å²) in [7, 11) is 1.76. The summed E-state index contributed by atoms with van der Waals surface area (Å²) in [6.45, 7) is 3.51. The first kappa shape index (κ1) is 20.5. The number of carbonyl (C=O) groups is 1. The number of carbonyl (C=O) groups excluding carboxylic acids is 1. The highest BCUT2D eigenvalue weighted by Crippen LogP contribution is 2.42. The SMILES string of the molecule is CCC1(CNC(=NC)NCC(=O)NC2CCCCC2)CCC1.I. The first-order chi connectivity index (χ1) is 10.7. The van der Waals surface area contributed by atoms with Crippen LogP contribution >= 0.6 is 24.0 Å². The quantitative estimate of drug-likeness (QED) is 0.341. The van der Waals surface area contributed by atoms with E-state index in [9.17, 15) is 4.79 Å². The number of halogens is 1. The number of amides is 1. The van der Waals surface area contributed by atoms with Crippen LogP contribution in [0.4, 0.5) is 0 Å². The minimum atomic E-state index is 0. The van der Waals surface area contributed by atoms with Gasteiger partial charge in [-0.15, -0.1) is 24.0 Å². The maximum absolute atomic E-state index is 12.0. The molecule has 2 saturated carbocycles. The molecule has 2 rings (SSSR count). The summed E-state index contributed by atoms with van der Waals surface area (Å²) in [4.78, 5) is 16.2. The number of rotatable bonds is 6. The van der Waals surface area contributed by atoms with E-state index in [4.69, 9.17) is 0 Å². The monoisotopic (exact) mass is 436 g/mol. The van der Waals surface area contributed by atoms with E-state index in [1.54, 1.807) is 7.05 Å². The van der Waals surface area contributed by atoms with Crippen LogP contribution in [0.5, 0.6) is 0 Å². The average Bonchev–Trinajstić information content (AvgIpc) is 2.50. The largest absolute Gasteiger partial charge is 0.356 e. The zero-order valence-electron chi connectivity index (χ0n) is 14.6. The number of nitrogens with one attached hydrogen (secondary N) is 3. The van der Waals surface area contributed by atoms with Gasteiger partial charge in [-0.2, -0.15) is 0 Å². The van der Waals surface area contributed by atoms with Gasteiger partial charge in [0.15, 0.2) is 5.96 Å². The van der Waals surface area contributed by atoms with Gasteiger partial charge in [-0.25, -0.2) is 0 Å². The molecule has 0 bridgehead atoms. The molecule has 0 aromatic rings. The van der Waals surface area contributed by atoms with E-state index in [0.717, 1.165) is 25.3 Å². The highest BCUT2D eigenvalue weighted by molar-refractivity contribution is 14.0. The van der Waals surface area contributed by atoms with Gasteiger partial charge in [0.2, 0.25) is 5.91 Å². The number of hydrogen-bond acceptors (Lipinski definition) is 2. The topological polar surface area (TPSA) is 65.5 Å². The molecule has 5 nitrogen and oxygen atoms in total. The Balaban J connectivity index is 0.00000264. The van der Waals surface area contributed by atoms with E-state index in [-0.39, 0.29) is 29.9 Å². The van der Waals surface area contributed by atoms with Crippen molar-refractivity contribution in [3.8, 4) is 0 Å². The Hall–Kier alpha value is -0.530. The van der Waals surface area contributed by atoms with E-state index in [0.29, 0.717) is 18.0 Å².